The van der Waals surface area contributed by atoms with Crippen LogP contribution in [0.25, 0.3) is 0 Å². The van der Waals surface area contributed by atoms with Crippen LogP contribution >= 0.6 is 11.6 Å². The Morgan fingerprint density at radius 1 is 1.63 bits per heavy atom. The summed E-state index contributed by atoms with van der Waals surface area (Å²) in [5.41, 5.74) is 5.39. The zero-order valence-electron chi connectivity index (χ0n) is 10.8. The molecule has 6 heteroatoms. The number of halogens is 1. The lowest BCUT2D eigenvalue weighted by molar-refractivity contribution is -0.121. The van der Waals surface area contributed by atoms with Crippen LogP contribution in [0.1, 0.15) is 19.3 Å². The molecule has 19 heavy (non-hydrogen) atoms. The fraction of sp³-hybridized carbons (Fsp3) is 0.538. The van der Waals surface area contributed by atoms with E-state index in [-0.39, 0.29) is 11.9 Å². The Morgan fingerprint density at radius 2 is 2.47 bits per heavy atom. The van der Waals surface area contributed by atoms with Crippen molar-refractivity contribution in [2.75, 3.05) is 24.5 Å². The van der Waals surface area contributed by atoms with E-state index in [1.807, 2.05) is 12.1 Å². The second-order valence-electron chi connectivity index (χ2n) is 4.70. The van der Waals surface area contributed by atoms with Gasteiger partial charge in [-0.05, 0) is 31.5 Å². The van der Waals surface area contributed by atoms with E-state index in [2.05, 4.69) is 15.2 Å². The molecule has 1 amide bonds. The molecule has 1 aliphatic rings. The smallest absolute Gasteiger partial charge is 0.220 e. The molecule has 0 bridgehead atoms. The largest absolute Gasteiger partial charge is 0.353 e. The van der Waals surface area contributed by atoms with E-state index >= 15 is 0 Å². The maximum Gasteiger partial charge on any atom is 0.220 e. The minimum Gasteiger partial charge on any atom is -0.353 e. The first-order valence-corrected chi connectivity index (χ1v) is 6.93. The van der Waals surface area contributed by atoms with Crippen LogP contribution in [0.5, 0.6) is 0 Å². The third-order valence-electron chi connectivity index (χ3n) is 3.20. The molecule has 0 spiro atoms. The number of rotatable bonds is 5. The lowest BCUT2D eigenvalue weighted by Crippen LogP contribution is -2.37. The van der Waals surface area contributed by atoms with Gasteiger partial charge in [0.2, 0.25) is 5.91 Å². The fourth-order valence-electron chi connectivity index (χ4n) is 2.24. The Labute approximate surface area is 118 Å². The van der Waals surface area contributed by atoms with Crippen molar-refractivity contribution in [1.82, 2.24) is 10.3 Å². The van der Waals surface area contributed by atoms with Gasteiger partial charge in [-0.15, -0.1) is 0 Å². The number of nitrogens with two attached hydrogens (primary N) is 1. The number of anilines is 1. The van der Waals surface area contributed by atoms with Gasteiger partial charge in [0.05, 0.1) is 5.02 Å². The van der Waals surface area contributed by atoms with Crippen molar-refractivity contribution in [2.45, 2.75) is 25.3 Å². The molecule has 1 unspecified atom stereocenters. The van der Waals surface area contributed by atoms with E-state index in [1.54, 1.807) is 6.20 Å². The normalized spacial score (nSPS) is 18.6. The Hall–Kier alpha value is -1.33. The summed E-state index contributed by atoms with van der Waals surface area (Å²) < 4.78 is 0. The standard InChI is InChI=1S/C13H19ClN4O/c14-11-3-2-7-16-13(11)18-8-5-10(9-18)17-12(19)4-1-6-15/h2-3,7,10H,1,4-6,8-9,15H2,(H,17,19). The van der Waals surface area contributed by atoms with E-state index in [1.165, 1.54) is 0 Å². The number of hydrogen-bond acceptors (Lipinski definition) is 4. The van der Waals surface area contributed by atoms with Gasteiger partial charge in [-0.3, -0.25) is 4.79 Å². The van der Waals surface area contributed by atoms with Crippen molar-refractivity contribution in [3.05, 3.63) is 23.4 Å². The van der Waals surface area contributed by atoms with Gasteiger partial charge in [-0.25, -0.2) is 4.98 Å². The Morgan fingerprint density at radius 3 is 3.21 bits per heavy atom. The first-order valence-electron chi connectivity index (χ1n) is 6.55. The molecule has 1 aliphatic heterocycles. The summed E-state index contributed by atoms with van der Waals surface area (Å²) in [6.45, 7) is 2.16. The lowest BCUT2D eigenvalue weighted by Gasteiger charge is -2.18. The Balaban J connectivity index is 1.86. The summed E-state index contributed by atoms with van der Waals surface area (Å²) in [6.07, 6.45) is 3.88. The molecular weight excluding hydrogens is 264 g/mol. The SMILES string of the molecule is NCCCC(=O)NC1CCN(c2ncccc2Cl)C1. The molecule has 0 aliphatic carbocycles. The minimum absolute atomic E-state index is 0.0735. The summed E-state index contributed by atoms with van der Waals surface area (Å²) in [4.78, 5) is 18.0. The minimum atomic E-state index is 0.0735. The Bertz CT molecular complexity index is 440. The van der Waals surface area contributed by atoms with Gasteiger partial charge in [0, 0.05) is 31.7 Å². The van der Waals surface area contributed by atoms with Crippen LogP contribution in [0.3, 0.4) is 0 Å². The molecule has 1 aromatic heterocycles. The molecule has 1 aromatic rings. The van der Waals surface area contributed by atoms with E-state index in [0.717, 1.165) is 31.7 Å². The highest BCUT2D eigenvalue weighted by Gasteiger charge is 2.25. The van der Waals surface area contributed by atoms with E-state index in [4.69, 9.17) is 17.3 Å². The van der Waals surface area contributed by atoms with Gasteiger partial charge in [0.1, 0.15) is 5.82 Å². The molecule has 5 nitrogen and oxygen atoms in total. The van der Waals surface area contributed by atoms with E-state index in [9.17, 15) is 4.79 Å². The van der Waals surface area contributed by atoms with Gasteiger partial charge in [-0.2, -0.15) is 0 Å². The average Bonchev–Trinajstić information content (AvgIpc) is 2.85. The topological polar surface area (TPSA) is 71.2 Å². The van der Waals surface area contributed by atoms with Crippen molar-refractivity contribution in [3.8, 4) is 0 Å². The number of aromatic nitrogens is 1. The van der Waals surface area contributed by atoms with Crippen LogP contribution in [0.2, 0.25) is 5.02 Å². The zero-order valence-corrected chi connectivity index (χ0v) is 11.6. The molecule has 1 fully saturated rings. The Kier molecular flexibility index (Phi) is 4.99. The van der Waals surface area contributed by atoms with Crippen molar-refractivity contribution in [1.29, 1.82) is 0 Å². The van der Waals surface area contributed by atoms with Gasteiger partial charge in [0.15, 0.2) is 0 Å². The first kappa shape index (κ1) is 14.1. The molecule has 2 heterocycles. The lowest BCUT2D eigenvalue weighted by atomic mass is 10.2. The van der Waals surface area contributed by atoms with E-state index < -0.39 is 0 Å². The molecule has 1 saturated heterocycles. The molecule has 0 aromatic carbocycles. The highest BCUT2D eigenvalue weighted by Crippen LogP contribution is 2.25. The number of amides is 1. The van der Waals surface area contributed by atoms with Crippen LogP contribution in [0, 0.1) is 0 Å². The fourth-order valence-corrected chi connectivity index (χ4v) is 2.48. The number of nitrogens with zero attached hydrogens (tertiary/aromatic N) is 2. The number of carbonyl (C=O) groups is 1. The average molecular weight is 283 g/mol. The third-order valence-corrected chi connectivity index (χ3v) is 3.49. The predicted molar refractivity (Wildman–Crippen MR) is 76.3 cm³/mol. The maximum absolute atomic E-state index is 11.6. The number of nitrogens with one attached hydrogen (secondary N) is 1. The number of hydrogen-bond donors (Lipinski definition) is 2. The first-order chi connectivity index (χ1) is 9.20. The molecule has 0 saturated carbocycles. The molecule has 0 radical (unpaired) electrons. The van der Waals surface area contributed by atoms with Crippen LogP contribution < -0.4 is 16.0 Å². The van der Waals surface area contributed by atoms with Crippen LogP contribution in [-0.2, 0) is 4.79 Å². The van der Waals surface area contributed by atoms with Gasteiger partial charge < -0.3 is 16.0 Å². The molecular formula is C13H19ClN4O. The summed E-state index contributed by atoms with van der Waals surface area (Å²) in [5, 5.41) is 3.68. The summed E-state index contributed by atoms with van der Waals surface area (Å²) in [7, 11) is 0. The molecule has 1 atom stereocenters. The summed E-state index contributed by atoms with van der Waals surface area (Å²) in [5.74, 6) is 0.868. The van der Waals surface area contributed by atoms with Gasteiger partial charge in [0.25, 0.3) is 0 Å². The van der Waals surface area contributed by atoms with Crippen molar-refractivity contribution in [3.63, 3.8) is 0 Å². The van der Waals surface area contributed by atoms with Crippen LogP contribution in [0.4, 0.5) is 5.82 Å². The summed E-state index contributed by atoms with van der Waals surface area (Å²) in [6, 6.07) is 3.81. The quantitative estimate of drug-likeness (QED) is 0.850. The highest BCUT2D eigenvalue weighted by molar-refractivity contribution is 6.32. The number of carbonyl (C=O) groups excluding carboxylic acids is 1. The van der Waals surface area contributed by atoms with Crippen molar-refractivity contribution in [2.24, 2.45) is 5.73 Å². The van der Waals surface area contributed by atoms with Crippen molar-refractivity contribution < 1.29 is 4.79 Å². The zero-order chi connectivity index (χ0) is 13.7. The van der Waals surface area contributed by atoms with Gasteiger partial charge in [-0.1, -0.05) is 11.6 Å². The third kappa shape index (κ3) is 3.81. The molecule has 3 N–H and O–H groups in total. The second-order valence-corrected chi connectivity index (χ2v) is 5.11. The van der Waals surface area contributed by atoms with Crippen LogP contribution in [-0.4, -0.2) is 36.6 Å². The molecule has 104 valence electrons. The van der Waals surface area contributed by atoms with Gasteiger partial charge >= 0.3 is 0 Å². The van der Waals surface area contributed by atoms with E-state index in [0.29, 0.717) is 18.0 Å². The predicted octanol–water partition coefficient (Wildman–Crippen LogP) is 1.17. The monoisotopic (exact) mass is 282 g/mol. The molecule has 2 rings (SSSR count). The van der Waals surface area contributed by atoms with Crippen molar-refractivity contribution >= 4 is 23.3 Å². The summed E-state index contributed by atoms with van der Waals surface area (Å²) >= 11 is 6.12. The van der Waals surface area contributed by atoms with Crippen LogP contribution in [0.15, 0.2) is 18.3 Å². The highest BCUT2D eigenvalue weighted by atomic mass is 35.5. The second kappa shape index (κ2) is 6.73. The number of pyridine rings is 1. The maximum atomic E-state index is 11.6.